The predicted molar refractivity (Wildman–Crippen MR) is 149 cm³/mol. The number of quaternary nitrogens is 1. The van der Waals surface area contributed by atoms with E-state index in [0.29, 0.717) is 4.48 Å². The van der Waals surface area contributed by atoms with E-state index in [4.69, 9.17) is 0 Å². The van der Waals surface area contributed by atoms with Crippen molar-refractivity contribution in [2.24, 2.45) is 0 Å². The molecule has 0 aliphatic carbocycles. The van der Waals surface area contributed by atoms with Crippen LogP contribution in [0.4, 0.5) is 0 Å². The lowest BCUT2D eigenvalue weighted by Gasteiger charge is -2.46. The van der Waals surface area contributed by atoms with Gasteiger partial charge in [-0.15, -0.1) is 0 Å². The molecule has 0 aromatic rings. The summed E-state index contributed by atoms with van der Waals surface area (Å²) in [6, 6.07) is 0. The van der Waals surface area contributed by atoms with Crippen LogP contribution in [0.1, 0.15) is 142 Å². The largest absolute Gasteiger partial charge is 0.488 e. The van der Waals surface area contributed by atoms with Crippen LogP contribution in [0.2, 0.25) is 0 Å². The van der Waals surface area contributed by atoms with Gasteiger partial charge >= 0.3 is 0 Å². The molecule has 0 rings (SSSR count). The molecule has 1 N–H and O–H groups in total. The van der Waals surface area contributed by atoms with Gasteiger partial charge in [0, 0.05) is 18.6 Å². The highest BCUT2D eigenvalue weighted by Crippen LogP contribution is 2.30. The van der Waals surface area contributed by atoms with E-state index < -0.39 is 11.4 Å². The van der Waals surface area contributed by atoms with Crippen molar-refractivity contribution in [2.75, 3.05) is 21.1 Å². The summed E-state index contributed by atoms with van der Waals surface area (Å²) in [5.74, 6) is -1.28. The lowest BCUT2D eigenvalue weighted by molar-refractivity contribution is -0.885. The molecule has 0 bridgehead atoms. The van der Waals surface area contributed by atoms with Gasteiger partial charge in [0.25, 0.3) is 0 Å². The van der Waals surface area contributed by atoms with E-state index in [-0.39, 0.29) is 24.4 Å². The summed E-state index contributed by atoms with van der Waals surface area (Å²) in [6.45, 7) is 4.46. The predicted octanol–water partition coefficient (Wildman–Crippen LogP) is 7.87. The number of hydrogen-bond donors (Lipinski definition) is 1. The van der Waals surface area contributed by atoms with Crippen LogP contribution in [-0.4, -0.2) is 53.7 Å². The van der Waals surface area contributed by atoms with Crippen molar-refractivity contribution in [2.45, 2.75) is 154 Å². The number of ketones is 2. The zero-order chi connectivity index (χ0) is 25.9. The van der Waals surface area contributed by atoms with Crippen LogP contribution in [0, 0.1) is 0 Å². The minimum Gasteiger partial charge on any atom is -0.488 e. The third-order valence-corrected chi connectivity index (χ3v) is 8.23. The molecule has 0 heterocycles. The molecule has 0 radical (unpaired) electrons. The normalized spacial score (nSPS) is 13.3. The molecule has 0 saturated carbocycles. The van der Waals surface area contributed by atoms with Gasteiger partial charge in [-0.3, -0.25) is 9.59 Å². The Bertz CT molecular complexity index is 496. The molecule has 0 fully saturated rings. The van der Waals surface area contributed by atoms with E-state index in [1.165, 1.54) is 77.0 Å². The Kier molecular flexibility index (Phi) is 19.6. The first-order valence-corrected chi connectivity index (χ1v) is 15.0. The summed E-state index contributed by atoms with van der Waals surface area (Å²) in [5, 5.41) is 11.4. The van der Waals surface area contributed by atoms with Crippen molar-refractivity contribution < 1.29 is 19.2 Å². The van der Waals surface area contributed by atoms with Gasteiger partial charge in [0.15, 0.2) is 11.6 Å². The zero-order valence-electron chi connectivity index (χ0n) is 23.4. The second-order valence-electron chi connectivity index (χ2n) is 11.3. The molecule has 0 aliphatic heterocycles. The first kappa shape index (κ1) is 33.7. The number of carbonyl (C=O) groups is 2. The summed E-state index contributed by atoms with van der Waals surface area (Å²) >= 11 is 0. The third-order valence-electron chi connectivity index (χ3n) is 7.04. The van der Waals surface area contributed by atoms with Gasteiger partial charge in [-0.25, -0.2) is 0 Å². The fourth-order valence-corrected chi connectivity index (χ4v) is 4.92. The maximum atomic E-state index is 13.2. The average Bonchev–Trinajstić information content (AvgIpc) is 2.79. The van der Waals surface area contributed by atoms with Gasteiger partial charge in [0.1, 0.15) is 0 Å². The van der Waals surface area contributed by atoms with Crippen molar-refractivity contribution in [3.8, 4) is 0 Å². The van der Waals surface area contributed by atoms with Gasteiger partial charge in [0.2, 0.25) is 5.60 Å². The van der Waals surface area contributed by atoms with Gasteiger partial charge in [-0.1, -0.05) is 117 Å². The second-order valence-corrected chi connectivity index (χ2v) is 11.8. The second kappa shape index (κ2) is 19.8. The van der Waals surface area contributed by atoms with Gasteiger partial charge in [0.05, 0.1) is 21.1 Å². The summed E-state index contributed by atoms with van der Waals surface area (Å²) < 4.78 is 0.306. The molecule has 1 unspecified atom stereocenters. The van der Waals surface area contributed by atoms with E-state index in [2.05, 4.69) is 23.1 Å². The average molecular weight is 500 g/mol. The fourth-order valence-electron chi connectivity index (χ4n) is 4.59. The monoisotopic (exact) mass is 499 g/mol. The standard InChI is InChI=1S/C29H58NO3P/c1-6-8-10-12-14-16-18-20-22-24-26(31)29(33,28(34)30(3,4)5)27(32)25-23-21-19-17-15-13-11-9-7-2/h28,33-34H,6-25H2,1-5H3. The summed E-state index contributed by atoms with van der Waals surface area (Å²) in [6.07, 6.45) is 21.6. The Morgan fingerprint density at radius 1 is 0.618 bits per heavy atom. The lowest BCUT2D eigenvalue weighted by atomic mass is 9.85. The Hall–Kier alpha value is -0.310. The molecule has 0 spiro atoms. The Morgan fingerprint density at radius 3 is 1.15 bits per heavy atom. The highest BCUT2D eigenvalue weighted by Gasteiger charge is 2.48. The van der Waals surface area contributed by atoms with Crippen molar-refractivity contribution >= 4 is 20.8 Å². The topological polar surface area (TPSA) is 54.4 Å². The van der Waals surface area contributed by atoms with Crippen LogP contribution in [0.15, 0.2) is 0 Å². The molecule has 5 heteroatoms. The van der Waals surface area contributed by atoms with E-state index in [1.807, 2.05) is 21.1 Å². The zero-order valence-corrected chi connectivity index (χ0v) is 24.4. The van der Waals surface area contributed by atoms with E-state index in [1.54, 1.807) is 0 Å². The minimum atomic E-state index is -1.95. The maximum absolute atomic E-state index is 13.2. The molecule has 0 saturated heterocycles. The highest BCUT2D eigenvalue weighted by atomic mass is 31.0. The van der Waals surface area contributed by atoms with Crippen molar-refractivity contribution in [3.05, 3.63) is 0 Å². The van der Waals surface area contributed by atoms with Crippen LogP contribution >= 0.6 is 9.24 Å². The third kappa shape index (κ3) is 14.3. The molecule has 4 nitrogen and oxygen atoms in total. The van der Waals surface area contributed by atoms with E-state index in [0.717, 1.165) is 38.5 Å². The van der Waals surface area contributed by atoms with Crippen molar-refractivity contribution in [1.82, 2.24) is 0 Å². The number of likely N-dealkylation sites (N-methyl/N-ethyl adjacent to an activating group) is 1. The van der Waals surface area contributed by atoms with Gasteiger partial charge in [-0.2, -0.15) is 0 Å². The number of aliphatic hydroxyl groups is 1. The number of hydrogen-bond acceptors (Lipinski definition) is 3. The molecular formula is C29H58NO3P. The smallest absolute Gasteiger partial charge is 0.204 e. The SMILES string of the molecule is CCCCCCCCCCCC(=O)C(O)(C(=O)CCCCCCCCCCC)C([PH-])[N+](C)(C)C. The molecule has 0 aromatic carbocycles. The molecule has 0 amide bonds. The van der Waals surface area contributed by atoms with Crippen LogP contribution in [-0.2, 0) is 9.59 Å². The maximum Gasteiger partial charge on any atom is 0.204 e. The fraction of sp³-hybridized carbons (Fsp3) is 0.931. The number of nitrogens with zero attached hydrogens (tertiary/aromatic N) is 1. The lowest BCUT2D eigenvalue weighted by Crippen LogP contribution is -2.63. The van der Waals surface area contributed by atoms with Crippen LogP contribution in [0.25, 0.3) is 0 Å². The van der Waals surface area contributed by atoms with Crippen LogP contribution in [0.3, 0.4) is 0 Å². The number of Topliss-reactive ketones (excluding diaryl/α,β-unsaturated/α-hetero) is 2. The number of rotatable bonds is 24. The molecular weight excluding hydrogens is 441 g/mol. The Labute approximate surface area is 214 Å². The Balaban J connectivity index is 4.53. The Morgan fingerprint density at radius 2 is 0.882 bits per heavy atom. The van der Waals surface area contributed by atoms with E-state index in [9.17, 15) is 14.7 Å². The van der Waals surface area contributed by atoms with E-state index >= 15 is 0 Å². The number of carbonyl (C=O) groups excluding carboxylic acids is 2. The van der Waals surface area contributed by atoms with Gasteiger partial charge < -0.3 is 18.8 Å². The van der Waals surface area contributed by atoms with Crippen LogP contribution in [0.5, 0.6) is 0 Å². The first-order chi connectivity index (χ1) is 16.1. The van der Waals surface area contributed by atoms with Crippen molar-refractivity contribution in [1.29, 1.82) is 0 Å². The molecule has 0 aliphatic rings. The summed E-state index contributed by atoms with van der Waals surface area (Å²) in [7, 11) is 9.30. The number of unbranched alkanes of at least 4 members (excludes halogenated alkanes) is 16. The quantitative estimate of drug-likeness (QED) is 0.0636. The summed E-state index contributed by atoms with van der Waals surface area (Å²) in [4.78, 5) is 26.3. The molecule has 0 aromatic heterocycles. The van der Waals surface area contributed by atoms with Crippen molar-refractivity contribution in [3.63, 3.8) is 0 Å². The van der Waals surface area contributed by atoms with Crippen LogP contribution < -0.4 is 0 Å². The minimum absolute atomic E-state index is 0.275. The summed E-state index contributed by atoms with van der Waals surface area (Å²) in [5.41, 5.74) is -1.95. The van der Waals surface area contributed by atoms with Gasteiger partial charge in [-0.05, 0) is 12.8 Å². The molecule has 34 heavy (non-hydrogen) atoms. The molecule has 202 valence electrons. The highest BCUT2D eigenvalue weighted by molar-refractivity contribution is 7.17. The molecule has 1 atom stereocenters. The first-order valence-electron chi connectivity index (χ1n) is 14.4.